The number of nitrogens with one attached hydrogen (secondary N) is 2. The lowest BCUT2D eigenvalue weighted by Crippen LogP contribution is -2.38. The maximum absolute atomic E-state index is 3.67. The Labute approximate surface area is 87.8 Å². The molecule has 0 bridgehead atoms. The van der Waals surface area contributed by atoms with Gasteiger partial charge in [0, 0.05) is 12.6 Å². The molecule has 0 aromatic carbocycles. The zero-order chi connectivity index (χ0) is 9.80. The standard InChI is InChI=1S/C12H24N2/c1-2-3-7-13-9-12-11-6-4-5-10(11)8-14-12/h10-14H,2-9H2,1H3. The fourth-order valence-corrected chi connectivity index (χ4v) is 3.09. The van der Waals surface area contributed by atoms with Crippen molar-refractivity contribution in [2.24, 2.45) is 11.8 Å². The van der Waals surface area contributed by atoms with E-state index in [4.69, 9.17) is 0 Å². The molecule has 1 saturated carbocycles. The van der Waals surface area contributed by atoms with Gasteiger partial charge in [0.2, 0.25) is 0 Å². The second kappa shape index (κ2) is 5.13. The Morgan fingerprint density at radius 2 is 2.29 bits per heavy atom. The average Bonchev–Trinajstić information content (AvgIpc) is 2.75. The van der Waals surface area contributed by atoms with Gasteiger partial charge in [-0.1, -0.05) is 19.8 Å². The van der Waals surface area contributed by atoms with Crippen molar-refractivity contribution in [3.05, 3.63) is 0 Å². The van der Waals surface area contributed by atoms with Gasteiger partial charge in [-0.15, -0.1) is 0 Å². The lowest BCUT2D eigenvalue weighted by molar-refractivity contribution is 0.393. The van der Waals surface area contributed by atoms with Gasteiger partial charge < -0.3 is 10.6 Å². The average molecular weight is 196 g/mol. The van der Waals surface area contributed by atoms with Crippen LogP contribution in [0.15, 0.2) is 0 Å². The molecule has 1 saturated heterocycles. The maximum Gasteiger partial charge on any atom is 0.0223 e. The summed E-state index contributed by atoms with van der Waals surface area (Å²) >= 11 is 0. The van der Waals surface area contributed by atoms with Crippen LogP contribution < -0.4 is 10.6 Å². The molecule has 0 aromatic heterocycles. The first-order valence-electron chi connectivity index (χ1n) is 6.36. The van der Waals surface area contributed by atoms with Gasteiger partial charge in [-0.05, 0) is 44.2 Å². The second-order valence-electron chi connectivity index (χ2n) is 4.93. The topological polar surface area (TPSA) is 24.1 Å². The molecule has 2 N–H and O–H groups in total. The summed E-state index contributed by atoms with van der Waals surface area (Å²) in [6.45, 7) is 5.93. The summed E-state index contributed by atoms with van der Waals surface area (Å²) in [6, 6.07) is 0.777. The normalized spacial score (nSPS) is 36.2. The van der Waals surface area contributed by atoms with Crippen LogP contribution in [-0.2, 0) is 0 Å². The first-order chi connectivity index (χ1) is 6.92. The summed E-state index contributed by atoms with van der Waals surface area (Å²) in [5, 5.41) is 7.25. The summed E-state index contributed by atoms with van der Waals surface area (Å²) in [5.74, 6) is 2.00. The van der Waals surface area contributed by atoms with Crippen molar-refractivity contribution in [3.8, 4) is 0 Å². The smallest absolute Gasteiger partial charge is 0.0223 e. The second-order valence-corrected chi connectivity index (χ2v) is 4.93. The van der Waals surface area contributed by atoms with E-state index in [2.05, 4.69) is 17.6 Å². The van der Waals surface area contributed by atoms with Gasteiger partial charge in [0.05, 0.1) is 0 Å². The Morgan fingerprint density at radius 3 is 3.14 bits per heavy atom. The Hall–Kier alpha value is -0.0800. The number of hydrogen-bond acceptors (Lipinski definition) is 2. The van der Waals surface area contributed by atoms with Crippen molar-refractivity contribution in [2.75, 3.05) is 19.6 Å². The third-order valence-electron chi connectivity index (χ3n) is 3.95. The molecule has 0 aromatic rings. The number of fused-ring (bicyclic) bond motifs is 1. The van der Waals surface area contributed by atoms with Crippen LogP contribution in [0.25, 0.3) is 0 Å². The molecule has 1 heterocycles. The van der Waals surface area contributed by atoms with Crippen LogP contribution in [0.1, 0.15) is 39.0 Å². The maximum atomic E-state index is 3.67. The van der Waals surface area contributed by atoms with Crippen molar-refractivity contribution < 1.29 is 0 Å². The SMILES string of the molecule is CCCCNCC1NCC2CCCC21. The molecule has 14 heavy (non-hydrogen) atoms. The highest BCUT2D eigenvalue weighted by molar-refractivity contribution is 4.94. The first-order valence-corrected chi connectivity index (χ1v) is 6.36. The summed E-state index contributed by atoms with van der Waals surface area (Å²) in [4.78, 5) is 0. The Kier molecular flexibility index (Phi) is 3.82. The summed E-state index contributed by atoms with van der Waals surface area (Å²) in [6.07, 6.45) is 7.04. The fraction of sp³-hybridized carbons (Fsp3) is 1.00. The van der Waals surface area contributed by atoms with E-state index in [-0.39, 0.29) is 0 Å². The molecule has 2 rings (SSSR count). The largest absolute Gasteiger partial charge is 0.315 e. The highest BCUT2D eigenvalue weighted by atomic mass is 15.0. The van der Waals surface area contributed by atoms with E-state index < -0.39 is 0 Å². The summed E-state index contributed by atoms with van der Waals surface area (Å²) in [7, 11) is 0. The van der Waals surface area contributed by atoms with Gasteiger partial charge in [0.15, 0.2) is 0 Å². The van der Waals surface area contributed by atoms with Crippen LogP contribution in [-0.4, -0.2) is 25.7 Å². The van der Waals surface area contributed by atoms with Gasteiger partial charge in [0.1, 0.15) is 0 Å². The van der Waals surface area contributed by atoms with E-state index in [1.807, 2.05) is 0 Å². The minimum absolute atomic E-state index is 0.777. The van der Waals surface area contributed by atoms with Gasteiger partial charge in [-0.25, -0.2) is 0 Å². The molecule has 3 atom stereocenters. The first kappa shape index (κ1) is 10.4. The van der Waals surface area contributed by atoms with E-state index in [0.717, 1.165) is 17.9 Å². The molecule has 3 unspecified atom stereocenters. The quantitative estimate of drug-likeness (QED) is 0.655. The van der Waals surface area contributed by atoms with E-state index in [0.29, 0.717) is 0 Å². The molecule has 0 amide bonds. The predicted octanol–water partition coefficient (Wildman–Crippen LogP) is 1.76. The lowest BCUT2D eigenvalue weighted by atomic mass is 9.94. The van der Waals surface area contributed by atoms with Crippen LogP contribution in [0.3, 0.4) is 0 Å². The molecule has 2 nitrogen and oxygen atoms in total. The number of rotatable bonds is 5. The van der Waals surface area contributed by atoms with Gasteiger partial charge in [0.25, 0.3) is 0 Å². The third-order valence-corrected chi connectivity index (χ3v) is 3.95. The minimum atomic E-state index is 0.777. The van der Waals surface area contributed by atoms with Gasteiger partial charge in [-0.2, -0.15) is 0 Å². The van der Waals surface area contributed by atoms with Crippen molar-refractivity contribution in [2.45, 2.75) is 45.1 Å². The Bertz CT molecular complexity index is 170. The van der Waals surface area contributed by atoms with E-state index in [9.17, 15) is 0 Å². The van der Waals surface area contributed by atoms with E-state index in [1.54, 1.807) is 0 Å². The molecule has 0 spiro atoms. The van der Waals surface area contributed by atoms with Crippen LogP contribution in [0.4, 0.5) is 0 Å². The summed E-state index contributed by atoms with van der Waals surface area (Å²) in [5.41, 5.74) is 0. The molecule has 1 aliphatic heterocycles. The molecule has 2 fully saturated rings. The molecule has 82 valence electrons. The Balaban J connectivity index is 1.66. The summed E-state index contributed by atoms with van der Waals surface area (Å²) < 4.78 is 0. The van der Waals surface area contributed by atoms with Crippen LogP contribution >= 0.6 is 0 Å². The lowest BCUT2D eigenvalue weighted by Gasteiger charge is -2.18. The zero-order valence-electron chi connectivity index (χ0n) is 9.39. The number of hydrogen-bond donors (Lipinski definition) is 2. The van der Waals surface area contributed by atoms with Crippen LogP contribution in [0.5, 0.6) is 0 Å². The highest BCUT2D eigenvalue weighted by Gasteiger charge is 2.38. The predicted molar refractivity (Wildman–Crippen MR) is 60.4 cm³/mol. The highest BCUT2D eigenvalue weighted by Crippen LogP contribution is 2.37. The Morgan fingerprint density at radius 1 is 1.36 bits per heavy atom. The van der Waals surface area contributed by atoms with Crippen LogP contribution in [0, 0.1) is 11.8 Å². The van der Waals surface area contributed by atoms with Crippen molar-refractivity contribution >= 4 is 0 Å². The van der Waals surface area contributed by atoms with Crippen LogP contribution in [0.2, 0.25) is 0 Å². The van der Waals surface area contributed by atoms with E-state index >= 15 is 0 Å². The molecular formula is C12H24N2. The monoisotopic (exact) mass is 196 g/mol. The zero-order valence-corrected chi connectivity index (χ0v) is 9.39. The molecule has 0 radical (unpaired) electrons. The molecule has 1 aliphatic carbocycles. The van der Waals surface area contributed by atoms with Crippen molar-refractivity contribution in [1.29, 1.82) is 0 Å². The molecular weight excluding hydrogens is 172 g/mol. The fourth-order valence-electron chi connectivity index (χ4n) is 3.09. The number of unbranched alkanes of at least 4 members (excludes halogenated alkanes) is 1. The van der Waals surface area contributed by atoms with Crippen molar-refractivity contribution in [1.82, 2.24) is 10.6 Å². The molecule has 2 aliphatic rings. The molecule has 2 heteroatoms. The van der Waals surface area contributed by atoms with Gasteiger partial charge >= 0.3 is 0 Å². The van der Waals surface area contributed by atoms with Crippen molar-refractivity contribution in [3.63, 3.8) is 0 Å². The third kappa shape index (κ3) is 2.29. The van der Waals surface area contributed by atoms with Gasteiger partial charge in [-0.3, -0.25) is 0 Å². The van der Waals surface area contributed by atoms with E-state index in [1.165, 1.54) is 51.7 Å². The minimum Gasteiger partial charge on any atom is -0.315 e.